The van der Waals surface area contributed by atoms with Crippen molar-refractivity contribution >= 4 is 17.7 Å². The maximum atomic E-state index is 11.4. The molecule has 5 heteroatoms. The highest BCUT2D eigenvalue weighted by molar-refractivity contribution is 5.97. The smallest absolute Gasteiger partial charge is 0.330 e. The van der Waals surface area contributed by atoms with Crippen molar-refractivity contribution in [2.24, 2.45) is 0 Å². The Balaban J connectivity index is 4.20. The Morgan fingerprint density at radius 2 is 1.82 bits per heavy atom. The number of carbonyl (C=O) groups is 3. The van der Waals surface area contributed by atoms with Crippen LogP contribution in [0.1, 0.15) is 40.0 Å². The summed E-state index contributed by atoms with van der Waals surface area (Å²) >= 11 is 0. The van der Waals surface area contributed by atoms with Gasteiger partial charge in [0.2, 0.25) is 5.91 Å². The number of carbonyl (C=O) groups excluding carboxylic acids is 2. The maximum absolute atomic E-state index is 11.4. The largest absolute Gasteiger partial charge is 0.478 e. The first-order chi connectivity index (χ1) is 7.64. The lowest BCUT2D eigenvalue weighted by atomic mass is 9.95. The van der Waals surface area contributed by atoms with E-state index in [9.17, 15) is 14.4 Å². The average Bonchev–Trinajstić information content (AvgIpc) is 2.11. The second-order valence-corrected chi connectivity index (χ2v) is 4.72. The minimum Gasteiger partial charge on any atom is -0.478 e. The van der Waals surface area contributed by atoms with E-state index in [1.54, 1.807) is 13.8 Å². The zero-order valence-electron chi connectivity index (χ0n) is 10.5. The van der Waals surface area contributed by atoms with E-state index in [2.05, 4.69) is 11.9 Å². The van der Waals surface area contributed by atoms with Gasteiger partial charge < -0.3 is 10.4 Å². The summed E-state index contributed by atoms with van der Waals surface area (Å²) in [5.41, 5.74) is -0.441. The van der Waals surface area contributed by atoms with Gasteiger partial charge in [-0.1, -0.05) is 6.58 Å². The van der Waals surface area contributed by atoms with Gasteiger partial charge in [0, 0.05) is 11.1 Å². The van der Waals surface area contributed by atoms with Crippen LogP contribution >= 0.6 is 0 Å². The molecule has 96 valence electrons. The molecule has 0 unspecified atom stereocenters. The lowest BCUT2D eigenvalue weighted by Gasteiger charge is -2.26. The van der Waals surface area contributed by atoms with Crippen LogP contribution in [0, 0.1) is 0 Å². The summed E-state index contributed by atoms with van der Waals surface area (Å²) in [7, 11) is 0. The van der Waals surface area contributed by atoms with E-state index < -0.39 is 11.5 Å². The summed E-state index contributed by atoms with van der Waals surface area (Å²) in [4.78, 5) is 32.7. The van der Waals surface area contributed by atoms with Crippen LogP contribution in [0.25, 0.3) is 0 Å². The lowest BCUT2D eigenvalue weighted by Crippen LogP contribution is -2.44. The van der Waals surface area contributed by atoms with Gasteiger partial charge in [0.15, 0.2) is 0 Å². The molecule has 0 atom stereocenters. The molecule has 0 aromatic rings. The van der Waals surface area contributed by atoms with Crippen LogP contribution in [0.2, 0.25) is 0 Å². The van der Waals surface area contributed by atoms with Crippen molar-refractivity contribution in [1.29, 1.82) is 0 Å². The molecular weight excluding hydrogens is 222 g/mol. The number of Topliss-reactive ketones (excluding diaryl/α,β-unsaturated/α-hetero) is 1. The summed E-state index contributed by atoms with van der Waals surface area (Å²) < 4.78 is 0. The van der Waals surface area contributed by atoms with Crippen LogP contribution < -0.4 is 5.32 Å². The van der Waals surface area contributed by atoms with Crippen LogP contribution in [0.3, 0.4) is 0 Å². The van der Waals surface area contributed by atoms with Gasteiger partial charge in [-0.05, 0) is 33.6 Å². The molecule has 0 aliphatic heterocycles. The second kappa shape index (κ2) is 6.18. The van der Waals surface area contributed by atoms with Crippen molar-refractivity contribution in [3.63, 3.8) is 0 Å². The van der Waals surface area contributed by atoms with E-state index in [1.807, 2.05) is 0 Å². The molecule has 0 heterocycles. The summed E-state index contributed by atoms with van der Waals surface area (Å²) in [6.07, 6.45) is 0.605. The molecule has 0 aliphatic rings. The summed E-state index contributed by atoms with van der Waals surface area (Å²) in [6.45, 7) is 8.32. The zero-order valence-corrected chi connectivity index (χ0v) is 10.5. The number of hydrogen-bond donors (Lipinski definition) is 2. The third-order valence-electron chi connectivity index (χ3n) is 2.24. The fraction of sp³-hybridized carbons (Fsp3) is 0.583. The number of ketones is 1. The minimum atomic E-state index is -1.03. The normalized spacial score (nSPS) is 10.8. The number of hydrogen-bond acceptors (Lipinski definition) is 3. The Hall–Kier alpha value is -1.65. The van der Waals surface area contributed by atoms with Crippen LogP contribution in [0.5, 0.6) is 0 Å². The van der Waals surface area contributed by atoms with Crippen molar-refractivity contribution in [3.05, 3.63) is 12.2 Å². The first-order valence-corrected chi connectivity index (χ1v) is 5.35. The lowest BCUT2D eigenvalue weighted by molar-refractivity contribution is -0.132. The SMILES string of the molecule is C=C(CCC(C)(C)NC(=O)CC(C)=O)C(=O)O. The molecule has 0 aliphatic carbocycles. The first kappa shape index (κ1) is 15.3. The van der Waals surface area contributed by atoms with E-state index in [0.717, 1.165) is 0 Å². The third kappa shape index (κ3) is 7.27. The van der Waals surface area contributed by atoms with E-state index in [-0.39, 0.29) is 23.7 Å². The molecule has 1 amide bonds. The number of rotatable bonds is 7. The number of nitrogens with one attached hydrogen (secondary N) is 1. The first-order valence-electron chi connectivity index (χ1n) is 5.35. The predicted octanol–water partition coefficient (Wildman–Crippen LogP) is 1.28. The zero-order chi connectivity index (χ0) is 13.6. The second-order valence-electron chi connectivity index (χ2n) is 4.72. The van der Waals surface area contributed by atoms with Crippen molar-refractivity contribution in [2.45, 2.75) is 45.6 Å². The number of amides is 1. The Morgan fingerprint density at radius 3 is 2.24 bits per heavy atom. The van der Waals surface area contributed by atoms with Crippen LogP contribution in [0.15, 0.2) is 12.2 Å². The standard InChI is InChI=1S/C12H19NO4/c1-8(11(16)17)5-6-12(3,4)13-10(15)7-9(2)14/h1,5-7H2,2-4H3,(H,13,15)(H,16,17). The fourth-order valence-electron chi connectivity index (χ4n) is 1.28. The Kier molecular flexibility index (Phi) is 5.58. The van der Waals surface area contributed by atoms with Crippen molar-refractivity contribution in [2.75, 3.05) is 0 Å². The van der Waals surface area contributed by atoms with Gasteiger partial charge in [-0.15, -0.1) is 0 Å². The molecule has 0 saturated heterocycles. The summed E-state index contributed by atoms with van der Waals surface area (Å²) in [5, 5.41) is 11.3. The number of aliphatic carboxylic acids is 1. The average molecular weight is 241 g/mol. The molecule has 2 N–H and O–H groups in total. The van der Waals surface area contributed by atoms with Crippen molar-refractivity contribution in [3.8, 4) is 0 Å². The van der Waals surface area contributed by atoms with Gasteiger partial charge in [-0.25, -0.2) is 4.79 Å². The highest BCUT2D eigenvalue weighted by atomic mass is 16.4. The molecule has 0 rings (SSSR count). The Morgan fingerprint density at radius 1 is 1.29 bits per heavy atom. The summed E-state index contributed by atoms with van der Waals surface area (Å²) in [5.74, 6) is -1.58. The van der Waals surface area contributed by atoms with E-state index in [1.165, 1.54) is 6.92 Å². The predicted molar refractivity (Wildman–Crippen MR) is 63.5 cm³/mol. The molecule has 17 heavy (non-hydrogen) atoms. The molecule has 0 aromatic carbocycles. The molecule has 5 nitrogen and oxygen atoms in total. The van der Waals surface area contributed by atoms with Gasteiger partial charge in [-0.2, -0.15) is 0 Å². The Bertz CT molecular complexity index is 344. The number of carboxylic acid groups (broad SMARTS) is 1. The van der Waals surface area contributed by atoms with Crippen molar-refractivity contribution < 1.29 is 19.5 Å². The van der Waals surface area contributed by atoms with Crippen LogP contribution in [0.4, 0.5) is 0 Å². The van der Waals surface area contributed by atoms with E-state index in [0.29, 0.717) is 12.8 Å². The molecule has 0 bridgehead atoms. The minimum absolute atomic E-state index is 0.110. The molecule has 0 saturated carbocycles. The molecule has 0 fully saturated rings. The quantitative estimate of drug-likeness (QED) is 0.519. The van der Waals surface area contributed by atoms with Crippen LogP contribution in [-0.2, 0) is 14.4 Å². The van der Waals surface area contributed by atoms with Crippen LogP contribution in [-0.4, -0.2) is 28.3 Å². The monoisotopic (exact) mass is 241 g/mol. The van der Waals surface area contributed by atoms with Gasteiger partial charge >= 0.3 is 5.97 Å². The molecule has 0 radical (unpaired) electrons. The van der Waals surface area contributed by atoms with E-state index >= 15 is 0 Å². The number of carboxylic acids is 1. The molecule has 0 spiro atoms. The van der Waals surface area contributed by atoms with Gasteiger partial charge in [-0.3, -0.25) is 9.59 Å². The highest BCUT2D eigenvalue weighted by Gasteiger charge is 2.21. The van der Waals surface area contributed by atoms with Crippen molar-refractivity contribution in [1.82, 2.24) is 5.32 Å². The van der Waals surface area contributed by atoms with Gasteiger partial charge in [0.05, 0.1) is 6.42 Å². The molecular formula is C12H19NO4. The Labute approximate surface area is 101 Å². The van der Waals surface area contributed by atoms with E-state index in [4.69, 9.17) is 5.11 Å². The van der Waals surface area contributed by atoms with Gasteiger partial charge in [0.25, 0.3) is 0 Å². The third-order valence-corrected chi connectivity index (χ3v) is 2.24. The van der Waals surface area contributed by atoms with Gasteiger partial charge in [0.1, 0.15) is 5.78 Å². The highest BCUT2D eigenvalue weighted by Crippen LogP contribution is 2.15. The maximum Gasteiger partial charge on any atom is 0.330 e. The summed E-state index contributed by atoms with van der Waals surface area (Å²) in [6, 6.07) is 0. The molecule has 0 aromatic heterocycles. The fourth-order valence-corrected chi connectivity index (χ4v) is 1.28. The topological polar surface area (TPSA) is 83.5 Å².